The molecule has 0 bridgehead atoms. The van der Waals surface area contributed by atoms with Crippen molar-refractivity contribution >= 4 is 32.4 Å². The van der Waals surface area contributed by atoms with Crippen LogP contribution in [0, 0.1) is 0 Å². The first kappa shape index (κ1) is 9.70. The summed E-state index contributed by atoms with van der Waals surface area (Å²) in [5.41, 5.74) is 0. The SMILES string of the molecule is O=S(=O)(Cl)c1ccc(S)c(O)c1. The van der Waals surface area contributed by atoms with Crippen molar-refractivity contribution in [3.05, 3.63) is 18.2 Å². The van der Waals surface area contributed by atoms with Gasteiger partial charge in [0.2, 0.25) is 0 Å². The lowest BCUT2D eigenvalue weighted by Crippen LogP contribution is -1.89. The van der Waals surface area contributed by atoms with Crippen LogP contribution in [0.3, 0.4) is 0 Å². The van der Waals surface area contributed by atoms with E-state index in [0.717, 1.165) is 6.07 Å². The van der Waals surface area contributed by atoms with Gasteiger partial charge in [-0.2, -0.15) is 0 Å². The molecule has 0 heterocycles. The monoisotopic (exact) mass is 224 g/mol. The van der Waals surface area contributed by atoms with Crippen LogP contribution in [0.15, 0.2) is 28.0 Å². The molecule has 0 aliphatic carbocycles. The van der Waals surface area contributed by atoms with Gasteiger partial charge in [0.1, 0.15) is 5.75 Å². The molecule has 0 fully saturated rings. The first-order valence-electron chi connectivity index (χ1n) is 2.88. The van der Waals surface area contributed by atoms with Gasteiger partial charge in [0, 0.05) is 21.6 Å². The minimum Gasteiger partial charge on any atom is -0.507 e. The van der Waals surface area contributed by atoms with E-state index < -0.39 is 9.05 Å². The second-order valence-electron chi connectivity index (χ2n) is 2.09. The molecule has 0 spiro atoms. The maximum atomic E-state index is 10.7. The highest BCUT2D eigenvalue weighted by atomic mass is 35.7. The van der Waals surface area contributed by atoms with E-state index in [1.807, 2.05) is 0 Å². The molecule has 0 unspecified atom stereocenters. The zero-order valence-electron chi connectivity index (χ0n) is 5.73. The summed E-state index contributed by atoms with van der Waals surface area (Å²) in [4.78, 5) is 0.165. The molecule has 0 aliphatic heterocycles. The fraction of sp³-hybridized carbons (Fsp3) is 0. The number of halogens is 1. The molecule has 6 heteroatoms. The van der Waals surface area contributed by atoms with E-state index in [2.05, 4.69) is 12.6 Å². The van der Waals surface area contributed by atoms with E-state index in [1.165, 1.54) is 12.1 Å². The van der Waals surface area contributed by atoms with Crippen LogP contribution in [-0.4, -0.2) is 13.5 Å². The predicted octanol–water partition coefficient (Wildman–Crippen LogP) is 1.61. The van der Waals surface area contributed by atoms with Crippen molar-refractivity contribution < 1.29 is 13.5 Å². The number of rotatable bonds is 1. The molecule has 1 rings (SSSR count). The first-order valence-corrected chi connectivity index (χ1v) is 5.63. The summed E-state index contributed by atoms with van der Waals surface area (Å²) in [6, 6.07) is 3.67. The highest BCUT2D eigenvalue weighted by Gasteiger charge is 2.10. The Morgan fingerprint density at radius 1 is 1.42 bits per heavy atom. The number of thiol groups is 1. The maximum absolute atomic E-state index is 10.7. The van der Waals surface area contributed by atoms with Gasteiger partial charge < -0.3 is 5.11 Å². The summed E-state index contributed by atoms with van der Waals surface area (Å²) < 4.78 is 21.5. The van der Waals surface area contributed by atoms with Gasteiger partial charge in [-0.15, -0.1) is 12.6 Å². The molecule has 1 aromatic rings. The van der Waals surface area contributed by atoms with Crippen molar-refractivity contribution in [3.63, 3.8) is 0 Å². The molecule has 3 nitrogen and oxygen atoms in total. The van der Waals surface area contributed by atoms with Gasteiger partial charge in [0.25, 0.3) is 9.05 Å². The molecule has 0 radical (unpaired) electrons. The van der Waals surface area contributed by atoms with Crippen LogP contribution in [0.1, 0.15) is 0 Å². The van der Waals surface area contributed by atoms with Gasteiger partial charge in [-0.25, -0.2) is 8.42 Å². The van der Waals surface area contributed by atoms with E-state index >= 15 is 0 Å². The van der Waals surface area contributed by atoms with E-state index in [0.29, 0.717) is 4.90 Å². The molecule has 0 aliphatic rings. The maximum Gasteiger partial charge on any atom is 0.261 e. The normalized spacial score (nSPS) is 11.5. The highest BCUT2D eigenvalue weighted by Crippen LogP contribution is 2.25. The zero-order chi connectivity index (χ0) is 9.35. The summed E-state index contributed by atoms with van der Waals surface area (Å²) in [5, 5.41) is 9.06. The molecule has 0 saturated carbocycles. The Labute approximate surface area is 79.8 Å². The number of hydrogen-bond acceptors (Lipinski definition) is 4. The summed E-state index contributed by atoms with van der Waals surface area (Å²) in [7, 11) is 1.26. The second-order valence-corrected chi connectivity index (χ2v) is 5.14. The third-order valence-corrected chi connectivity index (χ3v) is 2.96. The van der Waals surface area contributed by atoms with Gasteiger partial charge in [-0.05, 0) is 12.1 Å². The van der Waals surface area contributed by atoms with Crippen LogP contribution in [0.5, 0.6) is 5.75 Å². The quantitative estimate of drug-likeness (QED) is 0.563. The average molecular weight is 225 g/mol. The number of hydrogen-bond donors (Lipinski definition) is 2. The van der Waals surface area contributed by atoms with Crippen LogP contribution in [0.4, 0.5) is 0 Å². The first-order chi connectivity index (χ1) is 5.41. The fourth-order valence-electron chi connectivity index (χ4n) is 0.655. The molecule has 0 amide bonds. The van der Waals surface area contributed by atoms with Crippen LogP contribution >= 0.6 is 23.3 Å². The Bertz CT molecular complexity index is 399. The minimum atomic E-state index is -3.76. The van der Waals surface area contributed by atoms with Crippen LogP contribution in [0.25, 0.3) is 0 Å². The summed E-state index contributed by atoms with van der Waals surface area (Å²) >= 11 is 3.85. The van der Waals surface area contributed by atoms with Crippen LogP contribution in [0.2, 0.25) is 0 Å². The van der Waals surface area contributed by atoms with Gasteiger partial charge in [-0.1, -0.05) is 0 Å². The van der Waals surface area contributed by atoms with Crippen molar-refractivity contribution in [2.75, 3.05) is 0 Å². The van der Waals surface area contributed by atoms with E-state index in [9.17, 15) is 8.42 Å². The van der Waals surface area contributed by atoms with Gasteiger partial charge >= 0.3 is 0 Å². The van der Waals surface area contributed by atoms with E-state index in [-0.39, 0.29) is 10.6 Å². The van der Waals surface area contributed by atoms with Gasteiger partial charge in [0.05, 0.1) is 4.90 Å². The average Bonchev–Trinajstić information content (AvgIpc) is 1.92. The molecule has 0 atom stereocenters. The standard InChI is InChI=1S/C6H5ClO3S2/c7-12(9,10)4-1-2-6(11)5(8)3-4/h1-3,8,11H. The van der Waals surface area contributed by atoms with E-state index in [1.54, 1.807) is 0 Å². The third-order valence-electron chi connectivity index (χ3n) is 1.23. The molecule has 1 aromatic carbocycles. The molecule has 0 saturated heterocycles. The van der Waals surface area contributed by atoms with Crippen molar-refractivity contribution in [2.24, 2.45) is 0 Å². The van der Waals surface area contributed by atoms with Crippen molar-refractivity contribution in [1.29, 1.82) is 0 Å². The third kappa shape index (κ3) is 2.06. The number of aromatic hydroxyl groups is 1. The molecule has 66 valence electrons. The Kier molecular flexibility index (Phi) is 2.55. The van der Waals surface area contributed by atoms with Crippen LogP contribution in [-0.2, 0) is 9.05 Å². The minimum absolute atomic E-state index is 0.139. The topological polar surface area (TPSA) is 54.4 Å². The van der Waals surface area contributed by atoms with Crippen LogP contribution < -0.4 is 0 Å². The molecular weight excluding hydrogens is 220 g/mol. The van der Waals surface area contributed by atoms with Crippen molar-refractivity contribution in [2.45, 2.75) is 9.79 Å². The largest absolute Gasteiger partial charge is 0.507 e. The molecule has 12 heavy (non-hydrogen) atoms. The molecule has 1 N–H and O–H groups in total. The Hall–Kier alpha value is -0.390. The second kappa shape index (κ2) is 3.16. The van der Waals surface area contributed by atoms with E-state index in [4.69, 9.17) is 15.8 Å². The Balaban J connectivity index is 3.33. The molecule has 0 aromatic heterocycles. The van der Waals surface area contributed by atoms with Crippen molar-refractivity contribution in [1.82, 2.24) is 0 Å². The summed E-state index contributed by atoms with van der Waals surface area (Å²) in [6.07, 6.45) is 0. The number of phenolic OH excluding ortho intramolecular Hbond substituents is 1. The van der Waals surface area contributed by atoms with Crippen molar-refractivity contribution in [3.8, 4) is 5.75 Å². The lowest BCUT2D eigenvalue weighted by molar-refractivity contribution is 0.460. The summed E-state index contributed by atoms with van der Waals surface area (Å²) in [5.74, 6) is -0.208. The smallest absolute Gasteiger partial charge is 0.261 e. The Morgan fingerprint density at radius 2 is 2.00 bits per heavy atom. The lowest BCUT2D eigenvalue weighted by atomic mass is 10.3. The Morgan fingerprint density at radius 3 is 2.42 bits per heavy atom. The van der Waals surface area contributed by atoms with Gasteiger partial charge in [0.15, 0.2) is 0 Å². The lowest BCUT2D eigenvalue weighted by Gasteiger charge is -1.99. The predicted molar refractivity (Wildman–Crippen MR) is 48.4 cm³/mol. The summed E-state index contributed by atoms with van der Waals surface area (Å²) in [6.45, 7) is 0. The van der Waals surface area contributed by atoms with Gasteiger partial charge in [-0.3, -0.25) is 0 Å². The highest BCUT2D eigenvalue weighted by molar-refractivity contribution is 8.13. The number of benzene rings is 1. The number of phenols is 1. The fourth-order valence-corrected chi connectivity index (χ4v) is 1.56. The zero-order valence-corrected chi connectivity index (χ0v) is 8.20. The molecular formula is C6H5ClO3S2.